The van der Waals surface area contributed by atoms with Crippen LogP contribution in [-0.2, 0) is 11.4 Å². The summed E-state index contributed by atoms with van der Waals surface area (Å²) in [4.78, 5) is 8.12. The van der Waals surface area contributed by atoms with Crippen molar-refractivity contribution in [3.05, 3.63) is 12.2 Å². The molecule has 0 spiro atoms. The van der Waals surface area contributed by atoms with Gasteiger partial charge in [-0.3, -0.25) is 0 Å². The van der Waals surface area contributed by atoms with Crippen molar-refractivity contribution in [3.63, 3.8) is 0 Å². The molecule has 0 aromatic carbocycles. The van der Waals surface area contributed by atoms with Crippen molar-refractivity contribution in [1.82, 2.24) is 10.1 Å². The zero-order valence-corrected chi connectivity index (χ0v) is 4.97. The van der Waals surface area contributed by atoms with Crippen LogP contribution < -0.4 is 5.84 Å². The van der Waals surface area contributed by atoms with E-state index in [2.05, 4.69) is 35.8 Å². The van der Waals surface area contributed by atoms with Crippen molar-refractivity contribution in [3.8, 4) is 0 Å². The molecule has 0 aliphatic rings. The summed E-state index contributed by atoms with van der Waals surface area (Å²) in [6, 6.07) is 0. The molecule has 0 fully saturated rings. The lowest BCUT2D eigenvalue weighted by Gasteiger charge is -1.87. The highest BCUT2D eigenvalue weighted by Gasteiger charge is 1.95. The largest absolute Gasteiger partial charge is 0.370 e. The van der Waals surface area contributed by atoms with Crippen LogP contribution in [0.15, 0.2) is 21.4 Å². The van der Waals surface area contributed by atoms with E-state index < -0.39 is 0 Å². The number of hydrogen-bond donors (Lipinski definition) is 1. The molecule has 7 heteroatoms. The lowest BCUT2D eigenvalue weighted by Crippen LogP contribution is -1.89. The lowest BCUT2D eigenvalue weighted by atomic mass is 10.7. The molecule has 0 saturated carbocycles. The van der Waals surface area contributed by atoms with Gasteiger partial charge in [0.25, 0.3) is 0 Å². The fourth-order valence-electron chi connectivity index (χ4n) is 0.376. The van der Waals surface area contributed by atoms with Gasteiger partial charge in [0.1, 0.15) is 0 Å². The molecule has 10 heavy (non-hydrogen) atoms. The summed E-state index contributed by atoms with van der Waals surface area (Å²) in [6.45, 7) is 0.108. The van der Waals surface area contributed by atoms with Gasteiger partial charge in [-0.2, -0.15) is 4.98 Å². The Labute approximate surface area is 55.8 Å². The van der Waals surface area contributed by atoms with Gasteiger partial charge in [-0.15, -0.1) is 0 Å². The minimum absolute atomic E-state index is 0.108. The van der Waals surface area contributed by atoms with Gasteiger partial charge in [0, 0.05) is 5.28 Å². The molecule has 0 saturated heterocycles. The summed E-state index contributed by atoms with van der Waals surface area (Å²) >= 11 is 0. The van der Waals surface area contributed by atoms with E-state index >= 15 is 0 Å². The maximum atomic E-state index is 4.64. The van der Waals surface area contributed by atoms with E-state index in [9.17, 15) is 0 Å². The standard InChI is InChI=1S/C3H5N5O2/c4-7-8-9-1-3-5-2-10-6-3/h2H,1H2,(H2,4,8). The number of nitrogens with two attached hydrogens (primary N) is 1. The van der Waals surface area contributed by atoms with Gasteiger partial charge in [0.05, 0.1) is 0 Å². The van der Waals surface area contributed by atoms with Crippen LogP contribution in [0, 0.1) is 0 Å². The highest BCUT2D eigenvalue weighted by Crippen LogP contribution is 1.91. The number of rotatable bonds is 3. The molecule has 0 atom stereocenters. The third-order valence-electron chi connectivity index (χ3n) is 0.705. The van der Waals surface area contributed by atoms with Crippen LogP contribution in [0.25, 0.3) is 0 Å². The number of hydrogen-bond acceptors (Lipinski definition) is 6. The normalized spacial score (nSPS) is 10.4. The summed E-state index contributed by atoms with van der Waals surface area (Å²) < 4.78 is 4.40. The molecule has 1 aromatic rings. The minimum Gasteiger partial charge on any atom is -0.370 e. The fraction of sp³-hybridized carbons (Fsp3) is 0.333. The minimum atomic E-state index is 0.108. The van der Waals surface area contributed by atoms with E-state index in [1.165, 1.54) is 6.39 Å². The predicted octanol–water partition coefficient (Wildman–Crippen LogP) is -0.173. The maximum absolute atomic E-state index is 4.64. The van der Waals surface area contributed by atoms with E-state index in [1.807, 2.05) is 0 Å². The van der Waals surface area contributed by atoms with Gasteiger partial charge < -0.3 is 15.2 Å². The first-order chi connectivity index (χ1) is 4.93. The van der Waals surface area contributed by atoms with Crippen molar-refractivity contribution in [2.24, 2.45) is 16.3 Å². The van der Waals surface area contributed by atoms with Crippen LogP contribution in [0.5, 0.6) is 0 Å². The van der Waals surface area contributed by atoms with Gasteiger partial charge in [0.15, 0.2) is 6.61 Å². The summed E-state index contributed by atoms with van der Waals surface area (Å²) in [7, 11) is 0. The van der Waals surface area contributed by atoms with Gasteiger partial charge in [-0.1, -0.05) is 5.16 Å². The van der Waals surface area contributed by atoms with E-state index in [-0.39, 0.29) is 6.61 Å². The van der Waals surface area contributed by atoms with Crippen LogP contribution in [-0.4, -0.2) is 10.1 Å². The topological polar surface area (TPSA) is 98.9 Å². The Morgan fingerprint density at radius 2 is 2.70 bits per heavy atom. The fourth-order valence-corrected chi connectivity index (χ4v) is 0.376. The van der Waals surface area contributed by atoms with Crippen LogP contribution in [0.3, 0.4) is 0 Å². The average molecular weight is 143 g/mol. The molecular formula is C3H5N5O2. The second kappa shape index (κ2) is 3.38. The quantitative estimate of drug-likeness (QED) is 0.359. The van der Waals surface area contributed by atoms with Gasteiger partial charge in [-0.25, -0.2) is 0 Å². The molecule has 0 bridgehead atoms. The molecule has 0 unspecified atom stereocenters. The van der Waals surface area contributed by atoms with Crippen LogP contribution >= 0.6 is 0 Å². The van der Waals surface area contributed by atoms with Crippen molar-refractivity contribution in [1.29, 1.82) is 0 Å². The Morgan fingerprint density at radius 3 is 3.30 bits per heavy atom. The van der Waals surface area contributed by atoms with Gasteiger partial charge >= 0.3 is 0 Å². The Hall–Kier alpha value is -1.66. The molecule has 1 heterocycles. The highest BCUT2D eigenvalue weighted by molar-refractivity contribution is 4.71. The molecular weight excluding hydrogens is 138 g/mol. The molecule has 0 amide bonds. The smallest absolute Gasteiger partial charge is 0.213 e. The van der Waals surface area contributed by atoms with Crippen molar-refractivity contribution in [2.75, 3.05) is 0 Å². The average Bonchev–Trinajstić information content (AvgIpc) is 2.41. The SMILES string of the molecule is NN=NOCc1ncon1. The second-order valence-electron chi connectivity index (χ2n) is 1.32. The van der Waals surface area contributed by atoms with E-state index in [1.54, 1.807) is 0 Å². The van der Waals surface area contributed by atoms with Crippen LogP contribution in [0.4, 0.5) is 0 Å². The van der Waals surface area contributed by atoms with Crippen LogP contribution in [0.2, 0.25) is 0 Å². The predicted molar refractivity (Wildman–Crippen MR) is 28.1 cm³/mol. The van der Waals surface area contributed by atoms with Crippen molar-refractivity contribution in [2.45, 2.75) is 6.61 Å². The first-order valence-electron chi connectivity index (χ1n) is 2.41. The monoisotopic (exact) mass is 143 g/mol. The number of nitrogens with zero attached hydrogens (tertiary/aromatic N) is 4. The van der Waals surface area contributed by atoms with Gasteiger partial charge in [0.2, 0.25) is 12.2 Å². The zero-order valence-electron chi connectivity index (χ0n) is 4.97. The summed E-state index contributed by atoms with van der Waals surface area (Å²) in [6.07, 6.45) is 1.19. The maximum Gasteiger partial charge on any atom is 0.213 e. The zero-order chi connectivity index (χ0) is 7.23. The molecule has 1 rings (SSSR count). The summed E-state index contributed by atoms with van der Waals surface area (Å²) in [5.74, 6) is 5.03. The van der Waals surface area contributed by atoms with E-state index in [4.69, 9.17) is 0 Å². The Balaban J connectivity index is 2.28. The lowest BCUT2D eigenvalue weighted by molar-refractivity contribution is 0.101. The highest BCUT2D eigenvalue weighted by atomic mass is 16.6. The number of aromatic nitrogens is 2. The van der Waals surface area contributed by atoms with Gasteiger partial charge in [-0.05, 0) is 5.22 Å². The first kappa shape index (κ1) is 6.46. The summed E-state index contributed by atoms with van der Waals surface area (Å²) in [5, 5.41) is 9.31. The Morgan fingerprint density at radius 1 is 1.80 bits per heavy atom. The van der Waals surface area contributed by atoms with E-state index in [0.717, 1.165) is 0 Å². The molecule has 0 radical (unpaired) electrons. The van der Waals surface area contributed by atoms with Crippen molar-refractivity contribution < 1.29 is 9.36 Å². The van der Waals surface area contributed by atoms with Crippen molar-refractivity contribution >= 4 is 0 Å². The molecule has 0 aliphatic heterocycles. The molecule has 7 nitrogen and oxygen atoms in total. The molecule has 1 aromatic heterocycles. The second-order valence-corrected chi connectivity index (χ2v) is 1.32. The van der Waals surface area contributed by atoms with Crippen LogP contribution in [0.1, 0.15) is 5.82 Å². The molecule has 54 valence electrons. The Kier molecular flexibility index (Phi) is 2.18. The summed E-state index contributed by atoms with van der Waals surface area (Å²) in [5.41, 5.74) is 0. The molecule has 2 N–H and O–H groups in total. The van der Waals surface area contributed by atoms with E-state index in [0.29, 0.717) is 5.82 Å². The third kappa shape index (κ3) is 1.69. The Bertz CT molecular complexity index is 195. The third-order valence-corrected chi connectivity index (χ3v) is 0.705. The molecule has 0 aliphatic carbocycles. The first-order valence-corrected chi connectivity index (χ1v) is 2.41.